The quantitative estimate of drug-likeness (QED) is 0.874. The molecule has 0 saturated carbocycles. The van der Waals surface area contributed by atoms with Gasteiger partial charge in [-0.15, -0.1) is 0 Å². The zero-order valence-corrected chi connectivity index (χ0v) is 15.1. The zero-order valence-electron chi connectivity index (χ0n) is 14.3. The second-order valence-electron chi connectivity index (χ2n) is 5.70. The highest BCUT2D eigenvalue weighted by Gasteiger charge is 2.13. The molecule has 0 saturated heterocycles. The number of nitrogens with one attached hydrogen (secondary N) is 1. The first kappa shape index (κ1) is 18.0. The predicted octanol–water partition coefficient (Wildman–Crippen LogP) is 3.18. The van der Waals surface area contributed by atoms with Crippen LogP contribution in [0.4, 0.5) is 4.79 Å². The molecular formula is C18H23N3O2S. The molecule has 1 aromatic heterocycles. The van der Waals surface area contributed by atoms with E-state index in [1.54, 1.807) is 47.4 Å². The van der Waals surface area contributed by atoms with Gasteiger partial charge in [0.2, 0.25) is 0 Å². The van der Waals surface area contributed by atoms with Crippen molar-refractivity contribution < 1.29 is 9.59 Å². The van der Waals surface area contributed by atoms with Crippen molar-refractivity contribution in [1.29, 1.82) is 0 Å². The summed E-state index contributed by atoms with van der Waals surface area (Å²) in [4.78, 5) is 27.5. The number of urea groups is 1. The molecule has 1 aromatic carbocycles. The van der Waals surface area contributed by atoms with Crippen LogP contribution in [0.15, 0.2) is 41.1 Å². The average molecular weight is 345 g/mol. The fraction of sp³-hybridized carbons (Fsp3) is 0.333. The Morgan fingerprint density at radius 3 is 2.33 bits per heavy atom. The van der Waals surface area contributed by atoms with Crippen molar-refractivity contribution in [2.75, 3.05) is 20.6 Å². The number of carbonyl (C=O) groups is 2. The van der Waals surface area contributed by atoms with Gasteiger partial charge in [-0.25, -0.2) is 4.79 Å². The normalized spacial score (nSPS) is 10.3. The van der Waals surface area contributed by atoms with Crippen molar-refractivity contribution in [1.82, 2.24) is 15.1 Å². The first-order valence-electron chi connectivity index (χ1n) is 7.85. The predicted molar refractivity (Wildman–Crippen MR) is 97.1 cm³/mol. The van der Waals surface area contributed by atoms with Crippen LogP contribution in [-0.2, 0) is 13.1 Å². The number of hydrogen-bond acceptors (Lipinski definition) is 3. The lowest BCUT2D eigenvalue weighted by molar-refractivity contribution is 0.0827. The van der Waals surface area contributed by atoms with Crippen LogP contribution in [0.1, 0.15) is 28.4 Å². The molecule has 1 N–H and O–H groups in total. The van der Waals surface area contributed by atoms with Gasteiger partial charge in [0.25, 0.3) is 5.91 Å². The Balaban J connectivity index is 1.94. The summed E-state index contributed by atoms with van der Waals surface area (Å²) < 4.78 is 0. The highest BCUT2D eigenvalue weighted by molar-refractivity contribution is 7.07. The summed E-state index contributed by atoms with van der Waals surface area (Å²) in [7, 11) is 3.46. The molecule has 0 atom stereocenters. The van der Waals surface area contributed by atoms with E-state index >= 15 is 0 Å². The number of carbonyl (C=O) groups excluding carboxylic acids is 2. The molecule has 0 radical (unpaired) electrons. The van der Waals surface area contributed by atoms with E-state index in [-0.39, 0.29) is 11.9 Å². The number of nitrogens with zero attached hydrogens (tertiary/aromatic N) is 2. The number of benzene rings is 1. The third kappa shape index (κ3) is 4.83. The van der Waals surface area contributed by atoms with Gasteiger partial charge in [0.15, 0.2) is 0 Å². The molecule has 24 heavy (non-hydrogen) atoms. The lowest BCUT2D eigenvalue weighted by Gasteiger charge is -2.21. The van der Waals surface area contributed by atoms with E-state index in [0.29, 0.717) is 25.2 Å². The van der Waals surface area contributed by atoms with Gasteiger partial charge in [0.05, 0.1) is 0 Å². The summed E-state index contributed by atoms with van der Waals surface area (Å²) in [5.41, 5.74) is 2.75. The van der Waals surface area contributed by atoms with Crippen LogP contribution in [0.3, 0.4) is 0 Å². The van der Waals surface area contributed by atoms with E-state index in [1.807, 2.05) is 35.9 Å². The second kappa shape index (κ2) is 8.49. The van der Waals surface area contributed by atoms with Gasteiger partial charge < -0.3 is 15.1 Å². The van der Waals surface area contributed by atoms with E-state index in [4.69, 9.17) is 0 Å². The molecule has 6 heteroatoms. The standard InChI is InChI=1S/C18H23N3O2S/c1-4-21(18(23)19-11-15-9-10-24-13-15)12-14-5-7-16(8-6-14)17(22)20(2)3/h5-10,13H,4,11-12H2,1-3H3,(H,19,23). The van der Waals surface area contributed by atoms with E-state index < -0.39 is 0 Å². The van der Waals surface area contributed by atoms with E-state index in [9.17, 15) is 9.59 Å². The Kier molecular flexibility index (Phi) is 6.37. The minimum Gasteiger partial charge on any atom is -0.345 e. The lowest BCUT2D eigenvalue weighted by Crippen LogP contribution is -2.38. The molecule has 1 heterocycles. The van der Waals surface area contributed by atoms with Crippen LogP contribution in [0.25, 0.3) is 0 Å². The minimum absolute atomic E-state index is 0.0256. The number of rotatable bonds is 6. The molecule has 0 unspecified atom stereocenters. The Morgan fingerprint density at radius 2 is 1.79 bits per heavy atom. The van der Waals surface area contributed by atoms with Crippen LogP contribution >= 0.6 is 11.3 Å². The highest BCUT2D eigenvalue weighted by Crippen LogP contribution is 2.10. The van der Waals surface area contributed by atoms with Gasteiger partial charge in [-0.05, 0) is 47.0 Å². The summed E-state index contributed by atoms with van der Waals surface area (Å²) in [6, 6.07) is 9.31. The summed E-state index contributed by atoms with van der Waals surface area (Å²) in [6.07, 6.45) is 0. The molecule has 0 spiro atoms. The average Bonchev–Trinajstić information content (AvgIpc) is 3.10. The Bertz CT molecular complexity index is 666. The molecule has 2 aromatic rings. The Labute approximate surface area is 146 Å². The van der Waals surface area contributed by atoms with Gasteiger partial charge in [0, 0.05) is 39.3 Å². The first-order chi connectivity index (χ1) is 11.5. The third-order valence-electron chi connectivity index (χ3n) is 3.67. The van der Waals surface area contributed by atoms with Crippen LogP contribution < -0.4 is 5.32 Å². The fourth-order valence-corrected chi connectivity index (χ4v) is 2.91. The fourth-order valence-electron chi connectivity index (χ4n) is 2.24. The number of thiophene rings is 1. The van der Waals surface area contributed by atoms with Crippen molar-refractivity contribution in [3.05, 3.63) is 57.8 Å². The van der Waals surface area contributed by atoms with Gasteiger partial charge in [-0.1, -0.05) is 12.1 Å². The summed E-state index contributed by atoms with van der Waals surface area (Å²) in [5.74, 6) is -0.0256. The van der Waals surface area contributed by atoms with Crippen molar-refractivity contribution in [2.45, 2.75) is 20.0 Å². The minimum atomic E-state index is -0.0860. The van der Waals surface area contributed by atoms with Crippen LogP contribution in [-0.4, -0.2) is 42.4 Å². The molecule has 0 bridgehead atoms. The van der Waals surface area contributed by atoms with Gasteiger partial charge in [-0.2, -0.15) is 11.3 Å². The molecule has 3 amide bonds. The summed E-state index contributed by atoms with van der Waals surface area (Å²) in [6.45, 7) is 3.62. The van der Waals surface area contributed by atoms with Crippen molar-refractivity contribution >= 4 is 23.3 Å². The molecule has 0 aliphatic carbocycles. The maximum Gasteiger partial charge on any atom is 0.317 e. The number of hydrogen-bond donors (Lipinski definition) is 1. The highest BCUT2D eigenvalue weighted by atomic mass is 32.1. The molecular weight excluding hydrogens is 322 g/mol. The second-order valence-corrected chi connectivity index (χ2v) is 6.48. The van der Waals surface area contributed by atoms with Crippen molar-refractivity contribution in [3.8, 4) is 0 Å². The monoisotopic (exact) mass is 345 g/mol. The van der Waals surface area contributed by atoms with Gasteiger partial charge in [0.1, 0.15) is 0 Å². The topological polar surface area (TPSA) is 52.7 Å². The van der Waals surface area contributed by atoms with Crippen molar-refractivity contribution in [2.24, 2.45) is 0 Å². The molecule has 0 aliphatic heterocycles. The number of amides is 3. The van der Waals surface area contributed by atoms with E-state index in [0.717, 1.165) is 11.1 Å². The van der Waals surface area contributed by atoms with E-state index in [2.05, 4.69) is 5.32 Å². The zero-order chi connectivity index (χ0) is 17.5. The lowest BCUT2D eigenvalue weighted by atomic mass is 10.1. The Morgan fingerprint density at radius 1 is 1.08 bits per heavy atom. The smallest absolute Gasteiger partial charge is 0.317 e. The third-order valence-corrected chi connectivity index (χ3v) is 4.41. The Hall–Kier alpha value is -2.34. The molecule has 0 aliphatic rings. The molecule has 128 valence electrons. The van der Waals surface area contributed by atoms with Crippen molar-refractivity contribution in [3.63, 3.8) is 0 Å². The molecule has 5 nitrogen and oxygen atoms in total. The first-order valence-corrected chi connectivity index (χ1v) is 8.80. The van der Waals surface area contributed by atoms with E-state index in [1.165, 1.54) is 0 Å². The SMILES string of the molecule is CCN(Cc1ccc(C(=O)N(C)C)cc1)C(=O)NCc1ccsc1. The largest absolute Gasteiger partial charge is 0.345 e. The summed E-state index contributed by atoms with van der Waals surface area (Å²) in [5, 5.41) is 6.95. The van der Waals surface area contributed by atoms with Gasteiger partial charge >= 0.3 is 6.03 Å². The van der Waals surface area contributed by atoms with Crippen LogP contribution in [0.2, 0.25) is 0 Å². The summed E-state index contributed by atoms with van der Waals surface area (Å²) >= 11 is 1.62. The van der Waals surface area contributed by atoms with Crippen LogP contribution in [0, 0.1) is 0 Å². The van der Waals surface area contributed by atoms with Gasteiger partial charge in [-0.3, -0.25) is 4.79 Å². The maximum absolute atomic E-state index is 12.3. The molecule has 2 rings (SSSR count). The van der Waals surface area contributed by atoms with Crippen LogP contribution in [0.5, 0.6) is 0 Å². The maximum atomic E-state index is 12.3. The molecule has 0 fully saturated rings.